The summed E-state index contributed by atoms with van der Waals surface area (Å²) >= 11 is 6.16. The molecule has 1 N–H and O–H groups in total. The number of anilines is 2. The average molecular weight is 473 g/mol. The zero-order valence-electron chi connectivity index (χ0n) is 18.3. The van der Waals surface area contributed by atoms with Crippen LogP contribution >= 0.6 is 11.6 Å². The van der Waals surface area contributed by atoms with Crippen LogP contribution in [-0.2, 0) is 14.8 Å². The van der Waals surface area contributed by atoms with Crippen molar-refractivity contribution in [2.24, 2.45) is 0 Å². The number of amides is 1. The van der Waals surface area contributed by atoms with Gasteiger partial charge in [0, 0.05) is 10.7 Å². The molecule has 0 heterocycles. The number of hydrogen-bond donors (Lipinski definition) is 1. The van der Waals surface area contributed by atoms with E-state index in [2.05, 4.69) is 5.32 Å². The van der Waals surface area contributed by atoms with Crippen molar-refractivity contribution in [1.82, 2.24) is 0 Å². The third-order valence-electron chi connectivity index (χ3n) is 4.96. The monoisotopic (exact) mass is 472 g/mol. The van der Waals surface area contributed by atoms with E-state index in [-0.39, 0.29) is 16.3 Å². The van der Waals surface area contributed by atoms with E-state index in [4.69, 9.17) is 16.3 Å². The van der Waals surface area contributed by atoms with Crippen LogP contribution in [0, 0.1) is 20.8 Å². The Morgan fingerprint density at radius 1 is 0.969 bits per heavy atom. The Kier molecular flexibility index (Phi) is 7.11. The summed E-state index contributed by atoms with van der Waals surface area (Å²) in [6.07, 6.45) is 0. The molecule has 3 aromatic rings. The molecule has 0 fully saturated rings. The van der Waals surface area contributed by atoms with Gasteiger partial charge < -0.3 is 10.1 Å². The highest BCUT2D eigenvalue weighted by Gasteiger charge is 2.30. The fourth-order valence-corrected chi connectivity index (χ4v) is 4.86. The van der Waals surface area contributed by atoms with Gasteiger partial charge >= 0.3 is 0 Å². The SMILES string of the molecule is COc1ccc(Cl)cc1N(CC(=O)Nc1ccc(C)cc1C)S(=O)(=O)c1ccc(C)cc1. The lowest BCUT2D eigenvalue weighted by molar-refractivity contribution is -0.114. The van der Waals surface area contributed by atoms with E-state index in [1.54, 1.807) is 30.3 Å². The third-order valence-corrected chi connectivity index (χ3v) is 6.97. The van der Waals surface area contributed by atoms with Gasteiger partial charge in [-0.15, -0.1) is 0 Å². The molecule has 6 nitrogen and oxygen atoms in total. The van der Waals surface area contributed by atoms with E-state index >= 15 is 0 Å². The van der Waals surface area contributed by atoms with Crippen LogP contribution in [0.4, 0.5) is 11.4 Å². The van der Waals surface area contributed by atoms with Crippen molar-refractivity contribution in [3.05, 3.63) is 82.4 Å². The second-order valence-electron chi connectivity index (χ2n) is 7.51. The van der Waals surface area contributed by atoms with Gasteiger partial charge in [-0.3, -0.25) is 9.10 Å². The van der Waals surface area contributed by atoms with Crippen molar-refractivity contribution in [2.75, 3.05) is 23.3 Å². The predicted molar refractivity (Wildman–Crippen MR) is 128 cm³/mol. The Balaban J connectivity index is 2.03. The number of nitrogens with one attached hydrogen (secondary N) is 1. The normalized spacial score (nSPS) is 11.2. The summed E-state index contributed by atoms with van der Waals surface area (Å²) in [7, 11) is -2.66. The van der Waals surface area contributed by atoms with Gasteiger partial charge in [0.2, 0.25) is 5.91 Å². The molecular formula is C24H25ClN2O4S. The maximum atomic E-state index is 13.6. The molecule has 0 spiro atoms. The summed E-state index contributed by atoms with van der Waals surface area (Å²) in [5.74, 6) is -0.209. The molecule has 0 unspecified atom stereocenters. The van der Waals surface area contributed by atoms with Crippen LogP contribution in [-0.4, -0.2) is 28.0 Å². The number of rotatable bonds is 7. The summed E-state index contributed by atoms with van der Waals surface area (Å²) in [4.78, 5) is 13.0. The molecule has 0 aliphatic rings. The number of benzene rings is 3. The average Bonchev–Trinajstić information content (AvgIpc) is 2.74. The Bertz CT molecular complexity index is 1240. The molecule has 0 saturated carbocycles. The van der Waals surface area contributed by atoms with Crippen LogP contribution in [0.5, 0.6) is 5.75 Å². The molecule has 3 rings (SSSR count). The summed E-state index contributed by atoms with van der Waals surface area (Å²) in [5, 5.41) is 3.12. The molecular weight excluding hydrogens is 448 g/mol. The lowest BCUT2D eigenvalue weighted by atomic mass is 10.1. The van der Waals surface area contributed by atoms with E-state index < -0.39 is 22.5 Å². The van der Waals surface area contributed by atoms with E-state index in [9.17, 15) is 13.2 Å². The Hall–Kier alpha value is -3.03. The summed E-state index contributed by atoms with van der Waals surface area (Å²) in [5.41, 5.74) is 3.66. The molecule has 0 aromatic heterocycles. The number of sulfonamides is 1. The fourth-order valence-electron chi connectivity index (χ4n) is 3.27. The number of ether oxygens (including phenoxy) is 1. The van der Waals surface area contributed by atoms with Gasteiger partial charge in [-0.05, 0) is 62.7 Å². The van der Waals surface area contributed by atoms with Gasteiger partial charge in [-0.25, -0.2) is 8.42 Å². The van der Waals surface area contributed by atoms with E-state index in [0.717, 1.165) is 21.0 Å². The summed E-state index contributed by atoms with van der Waals surface area (Å²) < 4.78 is 33.5. The first-order valence-corrected chi connectivity index (χ1v) is 11.7. The minimum Gasteiger partial charge on any atom is -0.495 e. The molecule has 0 radical (unpaired) electrons. The van der Waals surface area contributed by atoms with Crippen LogP contribution < -0.4 is 14.4 Å². The van der Waals surface area contributed by atoms with Crippen LogP contribution in [0.3, 0.4) is 0 Å². The topological polar surface area (TPSA) is 75.7 Å². The Morgan fingerprint density at radius 3 is 2.25 bits per heavy atom. The largest absolute Gasteiger partial charge is 0.495 e. The number of carbonyl (C=O) groups excluding carboxylic acids is 1. The standard InChI is InChI=1S/C24H25ClN2O4S/c1-16-5-9-20(10-6-16)32(29,30)27(22-14-19(25)8-12-23(22)31-4)15-24(28)26-21-11-7-17(2)13-18(21)3/h5-14H,15H2,1-4H3,(H,26,28). The molecule has 0 saturated heterocycles. The molecule has 0 aliphatic carbocycles. The molecule has 32 heavy (non-hydrogen) atoms. The van der Waals surface area contributed by atoms with Crippen LogP contribution in [0.15, 0.2) is 65.6 Å². The van der Waals surface area contributed by atoms with Gasteiger partial charge in [-0.2, -0.15) is 0 Å². The quantitative estimate of drug-likeness (QED) is 0.518. The number of nitrogens with zero attached hydrogens (tertiary/aromatic N) is 1. The van der Waals surface area contributed by atoms with Crippen molar-refractivity contribution in [1.29, 1.82) is 0 Å². The smallest absolute Gasteiger partial charge is 0.264 e. The maximum Gasteiger partial charge on any atom is 0.264 e. The van der Waals surface area contributed by atoms with Gasteiger partial charge in [0.15, 0.2) is 0 Å². The molecule has 1 amide bonds. The minimum absolute atomic E-state index is 0.0597. The molecule has 8 heteroatoms. The number of carbonyl (C=O) groups is 1. The van der Waals surface area contributed by atoms with Crippen molar-refractivity contribution in [3.8, 4) is 5.75 Å². The Morgan fingerprint density at radius 2 is 1.62 bits per heavy atom. The first kappa shape index (κ1) is 23.6. The van der Waals surface area contributed by atoms with Gasteiger partial charge in [0.25, 0.3) is 10.0 Å². The third kappa shape index (κ3) is 5.23. The second kappa shape index (κ2) is 9.63. The highest BCUT2D eigenvalue weighted by atomic mass is 35.5. The zero-order chi connectivity index (χ0) is 23.5. The van der Waals surface area contributed by atoms with E-state index in [0.29, 0.717) is 10.7 Å². The van der Waals surface area contributed by atoms with Gasteiger partial charge in [0.05, 0.1) is 17.7 Å². The maximum absolute atomic E-state index is 13.6. The molecule has 0 aliphatic heterocycles. The highest BCUT2D eigenvalue weighted by Crippen LogP contribution is 2.35. The van der Waals surface area contributed by atoms with Crippen molar-refractivity contribution >= 4 is 38.9 Å². The number of aryl methyl sites for hydroxylation is 3. The highest BCUT2D eigenvalue weighted by molar-refractivity contribution is 7.92. The molecule has 3 aromatic carbocycles. The first-order valence-electron chi connectivity index (χ1n) is 9.92. The number of methoxy groups -OCH3 is 1. The summed E-state index contributed by atoms with van der Waals surface area (Å²) in [6.45, 7) is 5.25. The van der Waals surface area contributed by atoms with Gasteiger partial charge in [0.1, 0.15) is 12.3 Å². The molecule has 0 bridgehead atoms. The summed E-state index contributed by atoms with van der Waals surface area (Å²) in [6, 6.07) is 16.7. The second-order valence-corrected chi connectivity index (χ2v) is 9.81. The van der Waals surface area contributed by atoms with Gasteiger partial charge in [-0.1, -0.05) is 47.0 Å². The van der Waals surface area contributed by atoms with Crippen molar-refractivity contribution in [2.45, 2.75) is 25.7 Å². The molecule has 0 atom stereocenters. The Labute approximate surface area is 193 Å². The van der Waals surface area contributed by atoms with Crippen LogP contribution in [0.25, 0.3) is 0 Å². The lowest BCUT2D eigenvalue weighted by Gasteiger charge is -2.26. The van der Waals surface area contributed by atoms with E-state index in [1.165, 1.54) is 25.3 Å². The predicted octanol–water partition coefficient (Wildman–Crippen LogP) is 5.11. The number of halogens is 1. The van der Waals surface area contributed by atoms with Crippen LogP contribution in [0.2, 0.25) is 5.02 Å². The molecule has 168 valence electrons. The van der Waals surface area contributed by atoms with Crippen LogP contribution in [0.1, 0.15) is 16.7 Å². The fraction of sp³-hybridized carbons (Fsp3) is 0.208. The van der Waals surface area contributed by atoms with E-state index in [1.807, 2.05) is 32.9 Å². The lowest BCUT2D eigenvalue weighted by Crippen LogP contribution is -2.38. The first-order chi connectivity index (χ1) is 15.1. The minimum atomic E-state index is -4.09. The van der Waals surface area contributed by atoms with Crippen molar-refractivity contribution < 1.29 is 17.9 Å². The number of hydrogen-bond acceptors (Lipinski definition) is 4. The zero-order valence-corrected chi connectivity index (χ0v) is 19.9. The van der Waals surface area contributed by atoms with Crippen molar-refractivity contribution in [3.63, 3.8) is 0 Å².